The number of halogens is 1. The van der Waals surface area contributed by atoms with Crippen molar-refractivity contribution < 1.29 is 0 Å². The molecule has 0 saturated carbocycles. The summed E-state index contributed by atoms with van der Waals surface area (Å²) in [6.07, 6.45) is 0. The third kappa shape index (κ3) is 2.66. The Bertz CT molecular complexity index is 395. The van der Waals surface area contributed by atoms with Gasteiger partial charge in [0.25, 0.3) is 0 Å². The third-order valence-corrected chi connectivity index (χ3v) is 2.43. The monoisotopic (exact) mass is 222 g/mol. The van der Waals surface area contributed by atoms with Crippen molar-refractivity contribution in [2.75, 3.05) is 7.05 Å². The highest BCUT2D eigenvalue weighted by molar-refractivity contribution is 6.31. The molecule has 0 amide bonds. The van der Waals surface area contributed by atoms with E-state index >= 15 is 0 Å². The summed E-state index contributed by atoms with van der Waals surface area (Å²) in [4.78, 5) is 8.25. The van der Waals surface area contributed by atoms with Crippen LogP contribution in [0.1, 0.15) is 19.4 Å². The molecule has 0 aliphatic heterocycles. The first kappa shape index (κ1) is 11.9. The topological polar surface area (TPSA) is 24.7 Å². The highest BCUT2D eigenvalue weighted by atomic mass is 35.5. The molecule has 0 aromatic heterocycles. The minimum Gasteiger partial charge on any atom is -0.292 e. The molecule has 1 rings (SSSR count). The number of benzene rings is 1. The second-order valence-electron chi connectivity index (χ2n) is 3.58. The maximum absolute atomic E-state index is 5.96. The van der Waals surface area contributed by atoms with Crippen molar-refractivity contribution in [3.63, 3.8) is 0 Å². The van der Waals surface area contributed by atoms with Gasteiger partial charge in [0.05, 0.1) is 5.69 Å². The lowest BCUT2D eigenvalue weighted by atomic mass is 9.98. The van der Waals surface area contributed by atoms with E-state index in [1.54, 1.807) is 7.05 Å². The van der Waals surface area contributed by atoms with Crippen LogP contribution in [0.4, 0.5) is 5.69 Å². The smallest absolute Gasteiger partial charge is 0.0714 e. The largest absolute Gasteiger partial charge is 0.292 e. The molecule has 15 heavy (non-hydrogen) atoms. The SMILES string of the molecule is C=Nc1ccc(Cl)cc1/C(=N\C)C(C)C. The van der Waals surface area contributed by atoms with Crippen LogP contribution in [0.5, 0.6) is 0 Å². The molecule has 0 aliphatic carbocycles. The minimum absolute atomic E-state index is 0.342. The first-order valence-electron chi connectivity index (χ1n) is 4.83. The molecule has 2 nitrogen and oxygen atoms in total. The van der Waals surface area contributed by atoms with Gasteiger partial charge in [0, 0.05) is 23.3 Å². The van der Waals surface area contributed by atoms with Gasteiger partial charge in [-0.05, 0) is 30.8 Å². The number of aliphatic imine (C=N–C) groups is 2. The van der Waals surface area contributed by atoms with E-state index in [4.69, 9.17) is 11.6 Å². The molecule has 80 valence electrons. The summed E-state index contributed by atoms with van der Waals surface area (Å²) < 4.78 is 0. The average molecular weight is 223 g/mol. The van der Waals surface area contributed by atoms with Crippen LogP contribution in [0.15, 0.2) is 28.2 Å². The molecule has 0 heterocycles. The number of hydrogen-bond acceptors (Lipinski definition) is 2. The lowest BCUT2D eigenvalue weighted by Crippen LogP contribution is -2.09. The highest BCUT2D eigenvalue weighted by Gasteiger charge is 2.12. The van der Waals surface area contributed by atoms with E-state index in [1.165, 1.54) is 0 Å². The van der Waals surface area contributed by atoms with E-state index in [0.29, 0.717) is 10.9 Å². The Morgan fingerprint density at radius 3 is 2.53 bits per heavy atom. The Morgan fingerprint density at radius 2 is 2.07 bits per heavy atom. The summed E-state index contributed by atoms with van der Waals surface area (Å²) in [6.45, 7) is 7.74. The highest BCUT2D eigenvalue weighted by Crippen LogP contribution is 2.25. The zero-order valence-corrected chi connectivity index (χ0v) is 10.0. The Hall–Kier alpha value is -1.15. The summed E-state index contributed by atoms with van der Waals surface area (Å²) in [7, 11) is 1.78. The van der Waals surface area contributed by atoms with Crippen molar-refractivity contribution in [2.24, 2.45) is 15.9 Å². The van der Waals surface area contributed by atoms with Crippen molar-refractivity contribution >= 4 is 29.7 Å². The van der Waals surface area contributed by atoms with E-state index in [1.807, 2.05) is 18.2 Å². The fraction of sp³-hybridized carbons (Fsp3) is 0.333. The van der Waals surface area contributed by atoms with Gasteiger partial charge in [-0.1, -0.05) is 25.4 Å². The predicted molar refractivity (Wildman–Crippen MR) is 68.0 cm³/mol. The number of nitrogens with zero attached hydrogens (tertiary/aromatic N) is 2. The van der Waals surface area contributed by atoms with E-state index < -0.39 is 0 Å². The Balaban J connectivity index is 3.33. The van der Waals surface area contributed by atoms with Crippen molar-refractivity contribution in [3.8, 4) is 0 Å². The number of hydrogen-bond donors (Lipinski definition) is 0. The lowest BCUT2D eigenvalue weighted by Gasteiger charge is -2.12. The van der Waals surface area contributed by atoms with Gasteiger partial charge in [0.2, 0.25) is 0 Å². The molecule has 0 aliphatic rings. The maximum Gasteiger partial charge on any atom is 0.0714 e. The molecule has 0 unspecified atom stereocenters. The zero-order chi connectivity index (χ0) is 11.4. The van der Waals surface area contributed by atoms with Gasteiger partial charge < -0.3 is 0 Å². The minimum atomic E-state index is 0.342. The van der Waals surface area contributed by atoms with Crippen molar-refractivity contribution in [1.29, 1.82) is 0 Å². The Labute approximate surface area is 95.7 Å². The standard InChI is InChI=1S/C12H15ClN2/c1-8(2)12(15-4)10-7-9(13)5-6-11(10)14-3/h5-8H,3H2,1-2,4H3/b15-12-. The predicted octanol–water partition coefficient (Wildman–Crippen LogP) is 3.75. The van der Waals surface area contributed by atoms with Crippen LogP contribution in [0.3, 0.4) is 0 Å². The van der Waals surface area contributed by atoms with Crippen LogP contribution in [0, 0.1) is 5.92 Å². The summed E-state index contributed by atoms with van der Waals surface area (Å²) in [6, 6.07) is 5.55. The Morgan fingerprint density at radius 1 is 1.40 bits per heavy atom. The first-order valence-corrected chi connectivity index (χ1v) is 5.21. The molecule has 0 N–H and O–H groups in total. The average Bonchev–Trinajstić information content (AvgIpc) is 2.18. The maximum atomic E-state index is 5.96. The van der Waals surface area contributed by atoms with E-state index in [2.05, 4.69) is 30.5 Å². The van der Waals surface area contributed by atoms with Gasteiger partial charge in [-0.2, -0.15) is 0 Å². The van der Waals surface area contributed by atoms with Crippen LogP contribution in [0.2, 0.25) is 5.02 Å². The van der Waals surface area contributed by atoms with Crippen LogP contribution >= 0.6 is 11.6 Å². The van der Waals surface area contributed by atoms with Gasteiger partial charge in [-0.25, -0.2) is 0 Å². The fourth-order valence-electron chi connectivity index (χ4n) is 1.54. The van der Waals surface area contributed by atoms with Gasteiger partial charge in [0.15, 0.2) is 0 Å². The summed E-state index contributed by atoms with van der Waals surface area (Å²) in [5.41, 5.74) is 2.80. The molecule has 0 spiro atoms. The van der Waals surface area contributed by atoms with E-state index in [-0.39, 0.29) is 0 Å². The van der Waals surface area contributed by atoms with Crippen LogP contribution < -0.4 is 0 Å². The molecular weight excluding hydrogens is 208 g/mol. The van der Waals surface area contributed by atoms with Gasteiger partial charge in [-0.3, -0.25) is 9.98 Å². The second-order valence-corrected chi connectivity index (χ2v) is 4.02. The molecule has 0 bridgehead atoms. The van der Waals surface area contributed by atoms with Gasteiger partial charge in [-0.15, -0.1) is 0 Å². The molecular formula is C12H15ClN2. The summed E-state index contributed by atoms with van der Waals surface area (Å²) >= 11 is 5.96. The fourth-order valence-corrected chi connectivity index (χ4v) is 1.71. The van der Waals surface area contributed by atoms with Gasteiger partial charge >= 0.3 is 0 Å². The van der Waals surface area contributed by atoms with Crippen LogP contribution in [-0.4, -0.2) is 19.5 Å². The summed E-state index contributed by atoms with van der Waals surface area (Å²) in [5.74, 6) is 0.342. The van der Waals surface area contributed by atoms with Crippen molar-refractivity contribution in [2.45, 2.75) is 13.8 Å². The van der Waals surface area contributed by atoms with Crippen molar-refractivity contribution in [1.82, 2.24) is 0 Å². The molecule has 1 aromatic rings. The molecule has 0 atom stereocenters. The first-order chi connectivity index (χ1) is 7.10. The zero-order valence-electron chi connectivity index (χ0n) is 9.29. The molecule has 0 fully saturated rings. The normalized spacial score (nSPS) is 11.9. The second kappa shape index (κ2) is 5.08. The molecule has 1 aromatic carbocycles. The quantitative estimate of drug-likeness (QED) is 0.696. The Kier molecular flexibility index (Phi) is 4.04. The van der Waals surface area contributed by atoms with E-state index in [0.717, 1.165) is 17.0 Å². The molecule has 0 radical (unpaired) electrons. The third-order valence-electron chi connectivity index (χ3n) is 2.19. The molecule has 3 heteroatoms. The number of rotatable bonds is 3. The van der Waals surface area contributed by atoms with Crippen LogP contribution in [-0.2, 0) is 0 Å². The van der Waals surface area contributed by atoms with Crippen LogP contribution in [0.25, 0.3) is 0 Å². The van der Waals surface area contributed by atoms with E-state index in [9.17, 15) is 0 Å². The summed E-state index contributed by atoms with van der Waals surface area (Å²) in [5, 5.41) is 0.694. The van der Waals surface area contributed by atoms with Crippen molar-refractivity contribution in [3.05, 3.63) is 28.8 Å². The lowest BCUT2D eigenvalue weighted by molar-refractivity contribution is 0.882. The van der Waals surface area contributed by atoms with Gasteiger partial charge in [0.1, 0.15) is 0 Å². The molecule has 0 saturated heterocycles.